The van der Waals surface area contributed by atoms with Gasteiger partial charge < -0.3 is 10.6 Å². The van der Waals surface area contributed by atoms with E-state index in [4.69, 9.17) is 0 Å². The molecule has 2 rings (SSSR count). The molecule has 0 saturated carbocycles. The van der Waals surface area contributed by atoms with Crippen molar-refractivity contribution in [1.82, 2.24) is 15.3 Å². The van der Waals surface area contributed by atoms with Gasteiger partial charge in [-0.25, -0.2) is 4.98 Å². The second-order valence-electron chi connectivity index (χ2n) is 5.79. The van der Waals surface area contributed by atoms with E-state index in [9.17, 15) is 22.8 Å². The lowest BCUT2D eigenvalue weighted by Crippen LogP contribution is -2.23. The molecule has 27 heavy (non-hydrogen) atoms. The Hall–Kier alpha value is -2.97. The van der Waals surface area contributed by atoms with Gasteiger partial charge in [0.05, 0.1) is 0 Å². The summed E-state index contributed by atoms with van der Waals surface area (Å²) in [6, 6.07) is 6.10. The molecule has 2 aromatic heterocycles. The van der Waals surface area contributed by atoms with Gasteiger partial charge in [0.1, 0.15) is 5.82 Å². The number of nitrogens with one attached hydrogen (secondary N) is 2. The monoisotopic (exact) mass is 380 g/mol. The van der Waals surface area contributed by atoms with Gasteiger partial charge >= 0.3 is 6.18 Å². The predicted octanol–water partition coefficient (Wildman–Crippen LogP) is 3.25. The highest BCUT2D eigenvalue weighted by Crippen LogP contribution is 2.21. The highest BCUT2D eigenvalue weighted by Gasteiger charge is 2.26. The maximum atomic E-state index is 12.2. The predicted molar refractivity (Wildman–Crippen MR) is 92.9 cm³/mol. The van der Waals surface area contributed by atoms with E-state index in [0.717, 1.165) is 0 Å². The molecule has 2 heterocycles. The molecule has 6 nitrogen and oxygen atoms in total. The van der Waals surface area contributed by atoms with Gasteiger partial charge in [0.15, 0.2) is 0 Å². The van der Waals surface area contributed by atoms with Crippen LogP contribution in [-0.4, -0.2) is 28.0 Å². The smallest absolute Gasteiger partial charge is 0.348 e. The SMILES string of the molecule is CCC(=O)Nc1cc(C(=O)NCc2ccc(CCC(F)(F)F)nc2)ccn1. The van der Waals surface area contributed by atoms with E-state index in [1.54, 1.807) is 13.0 Å². The lowest BCUT2D eigenvalue weighted by atomic mass is 10.2. The van der Waals surface area contributed by atoms with Crippen molar-refractivity contribution in [2.45, 2.75) is 38.9 Å². The van der Waals surface area contributed by atoms with Gasteiger partial charge in [-0.2, -0.15) is 13.2 Å². The van der Waals surface area contributed by atoms with Crippen molar-refractivity contribution in [2.24, 2.45) is 0 Å². The van der Waals surface area contributed by atoms with Crippen LogP contribution in [0.3, 0.4) is 0 Å². The van der Waals surface area contributed by atoms with Crippen LogP contribution in [-0.2, 0) is 17.8 Å². The molecule has 0 unspecified atom stereocenters. The average Bonchev–Trinajstić information content (AvgIpc) is 2.64. The number of carbonyl (C=O) groups is 2. The number of nitrogens with zero attached hydrogens (tertiary/aromatic N) is 2. The third-order valence-electron chi connectivity index (χ3n) is 3.61. The van der Waals surface area contributed by atoms with Crippen molar-refractivity contribution >= 4 is 17.6 Å². The van der Waals surface area contributed by atoms with Crippen molar-refractivity contribution in [2.75, 3.05) is 5.32 Å². The van der Waals surface area contributed by atoms with E-state index in [1.165, 1.54) is 30.6 Å². The highest BCUT2D eigenvalue weighted by molar-refractivity contribution is 5.96. The maximum Gasteiger partial charge on any atom is 0.389 e. The molecule has 0 atom stereocenters. The second kappa shape index (κ2) is 9.11. The van der Waals surface area contributed by atoms with Gasteiger partial charge in [0, 0.05) is 43.0 Å². The van der Waals surface area contributed by atoms with Gasteiger partial charge in [0.25, 0.3) is 5.91 Å². The molecular weight excluding hydrogens is 361 g/mol. The number of rotatable bonds is 7. The topological polar surface area (TPSA) is 84.0 Å². The minimum absolute atomic E-state index is 0.171. The maximum absolute atomic E-state index is 12.2. The molecule has 0 aliphatic rings. The van der Waals surface area contributed by atoms with Crippen molar-refractivity contribution < 1.29 is 22.8 Å². The fourth-order valence-corrected chi connectivity index (χ4v) is 2.13. The van der Waals surface area contributed by atoms with Crippen LogP contribution in [0.2, 0.25) is 0 Å². The summed E-state index contributed by atoms with van der Waals surface area (Å²) in [6.07, 6.45) is -2.17. The summed E-state index contributed by atoms with van der Waals surface area (Å²) in [5.41, 5.74) is 1.33. The third-order valence-corrected chi connectivity index (χ3v) is 3.61. The zero-order valence-corrected chi connectivity index (χ0v) is 14.6. The van der Waals surface area contributed by atoms with E-state index >= 15 is 0 Å². The first-order chi connectivity index (χ1) is 12.8. The van der Waals surface area contributed by atoms with Gasteiger partial charge in [0.2, 0.25) is 5.91 Å². The number of alkyl halides is 3. The van der Waals surface area contributed by atoms with Crippen LogP contribution in [0.4, 0.5) is 19.0 Å². The van der Waals surface area contributed by atoms with Crippen molar-refractivity contribution in [3.63, 3.8) is 0 Å². The standard InChI is InChI=1S/C18H19F3N4O2/c1-2-16(26)25-15-9-13(6-8-22-15)17(27)24-11-12-3-4-14(23-10-12)5-7-18(19,20)21/h3-4,6,8-10H,2,5,7,11H2,1H3,(H,24,27)(H,22,25,26). The number of amides is 2. The number of halogens is 3. The van der Waals surface area contributed by atoms with E-state index in [-0.39, 0.29) is 30.6 Å². The first kappa shape index (κ1) is 20.3. The Labute approximate surface area is 154 Å². The molecular formula is C18H19F3N4O2. The molecule has 0 fully saturated rings. The average molecular weight is 380 g/mol. The Morgan fingerprint density at radius 3 is 2.56 bits per heavy atom. The Bertz CT molecular complexity index is 792. The first-order valence-corrected chi connectivity index (χ1v) is 8.31. The molecule has 0 radical (unpaired) electrons. The minimum Gasteiger partial charge on any atom is -0.348 e. The van der Waals surface area contributed by atoms with E-state index in [1.807, 2.05) is 0 Å². The van der Waals surface area contributed by atoms with Gasteiger partial charge in [-0.1, -0.05) is 13.0 Å². The molecule has 0 aliphatic carbocycles. The Kier molecular flexibility index (Phi) is 6.86. The number of hydrogen-bond acceptors (Lipinski definition) is 4. The van der Waals surface area contributed by atoms with E-state index < -0.39 is 12.6 Å². The number of hydrogen-bond donors (Lipinski definition) is 2. The summed E-state index contributed by atoms with van der Waals surface area (Å²) in [5.74, 6) is -0.299. The summed E-state index contributed by atoms with van der Waals surface area (Å²) in [5, 5.41) is 5.26. The summed E-state index contributed by atoms with van der Waals surface area (Å²) in [6.45, 7) is 1.87. The van der Waals surface area contributed by atoms with Crippen molar-refractivity contribution in [3.8, 4) is 0 Å². The molecule has 2 amide bonds. The lowest BCUT2D eigenvalue weighted by molar-refractivity contribution is -0.134. The van der Waals surface area contributed by atoms with Crippen LogP contribution in [0, 0.1) is 0 Å². The Balaban J connectivity index is 1.90. The molecule has 0 spiro atoms. The van der Waals surface area contributed by atoms with E-state index in [2.05, 4.69) is 20.6 Å². The summed E-state index contributed by atoms with van der Waals surface area (Å²) < 4.78 is 36.6. The molecule has 2 N–H and O–H groups in total. The quantitative estimate of drug-likeness (QED) is 0.772. The summed E-state index contributed by atoms with van der Waals surface area (Å²) in [4.78, 5) is 31.5. The van der Waals surface area contributed by atoms with Crippen LogP contribution < -0.4 is 10.6 Å². The van der Waals surface area contributed by atoms with Crippen LogP contribution in [0.5, 0.6) is 0 Å². The molecule has 9 heteroatoms. The number of carbonyl (C=O) groups excluding carboxylic acids is 2. The fourth-order valence-electron chi connectivity index (χ4n) is 2.13. The van der Waals surface area contributed by atoms with Crippen molar-refractivity contribution in [1.29, 1.82) is 0 Å². The van der Waals surface area contributed by atoms with Gasteiger partial charge in [-0.3, -0.25) is 14.6 Å². The minimum atomic E-state index is -4.21. The van der Waals surface area contributed by atoms with Crippen LogP contribution >= 0.6 is 0 Å². The summed E-state index contributed by atoms with van der Waals surface area (Å²) in [7, 11) is 0. The third kappa shape index (κ3) is 7.04. The van der Waals surface area contributed by atoms with Crippen LogP contribution in [0.25, 0.3) is 0 Å². The molecule has 0 aromatic carbocycles. The lowest BCUT2D eigenvalue weighted by Gasteiger charge is -2.08. The van der Waals surface area contributed by atoms with Crippen molar-refractivity contribution in [3.05, 3.63) is 53.5 Å². The fraction of sp³-hybridized carbons (Fsp3) is 0.333. The van der Waals surface area contributed by atoms with Gasteiger partial charge in [-0.15, -0.1) is 0 Å². The van der Waals surface area contributed by atoms with Gasteiger partial charge in [-0.05, 0) is 30.2 Å². The largest absolute Gasteiger partial charge is 0.389 e. The molecule has 2 aromatic rings. The zero-order chi connectivity index (χ0) is 19.9. The number of pyridine rings is 2. The van der Waals surface area contributed by atoms with E-state index in [0.29, 0.717) is 23.2 Å². The molecule has 0 aliphatic heterocycles. The highest BCUT2D eigenvalue weighted by atomic mass is 19.4. The second-order valence-corrected chi connectivity index (χ2v) is 5.79. The molecule has 0 bridgehead atoms. The van der Waals surface area contributed by atoms with Crippen LogP contribution in [0.15, 0.2) is 36.7 Å². The number of aryl methyl sites for hydroxylation is 1. The van der Waals surface area contributed by atoms with Crippen LogP contribution in [0.1, 0.15) is 41.4 Å². The Morgan fingerprint density at radius 1 is 1.15 bits per heavy atom. The first-order valence-electron chi connectivity index (χ1n) is 8.31. The Morgan fingerprint density at radius 2 is 1.93 bits per heavy atom. The number of aromatic nitrogens is 2. The molecule has 144 valence electrons. The molecule has 0 saturated heterocycles. The number of anilines is 1. The zero-order valence-electron chi connectivity index (χ0n) is 14.6. The summed E-state index contributed by atoms with van der Waals surface area (Å²) >= 11 is 0. The normalized spacial score (nSPS) is 11.1.